The van der Waals surface area contributed by atoms with E-state index < -0.39 is 0 Å². The van der Waals surface area contributed by atoms with Crippen LogP contribution in [-0.4, -0.2) is 75.4 Å². The molecule has 1 aromatic rings. The number of amides is 3. The van der Waals surface area contributed by atoms with Crippen molar-refractivity contribution in [3.05, 3.63) is 42.6 Å². The lowest BCUT2D eigenvalue weighted by atomic mass is 10.2. The fraction of sp³-hybridized carbons (Fsp3) is 0.647. The number of nitriles is 1. The molecule has 44 heavy (non-hydrogen) atoms. The van der Waals surface area contributed by atoms with E-state index in [1.54, 1.807) is 32.4 Å². The van der Waals surface area contributed by atoms with Crippen LogP contribution in [0, 0.1) is 11.3 Å². The van der Waals surface area contributed by atoms with Crippen LogP contribution >= 0.6 is 11.8 Å². The van der Waals surface area contributed by atoms with Crippen LogP contribution in [0.2, 0.25) is 0 Å². The average molecular weight is 643 g/mol. The van der Waals surface area contributed by atoms with Gasteiger partial charge in [-0.05, 0) is 49.8 Å². The maximum Gasteiger partial charge on any atom is 0.251 e. The van der Waals surface area contributed by atoms with Crippen LogP contribution in [0.5, 0.6) is 0 Å². The molecule has 0 unspecified atom stereocenters. The summed E-state index contributed by atoms with van der Waals surface area (Å²) in [6, 6.07) is 9.26. The van der Waals surface area contributed by atoms with Crippen molar-refractivity contribution in [2.75, 3.05) is 57.6 Å². The Morgan fingerprint density at radius 3 is 1.61 bits per heavy atom. The molecular formula is C34H70N6O3S. The minimum absolute atomic E-state index is 0.0303. The maximum atomic E-state index is 11.9. The van der Waals surface area contributed by atoms with Crippen LogP contribution in [0.25, 0.3) is 0 Å². The van der Waals surface area contributed by atoms with Gasteiger partial charge in [-0.15, -0.1) is 0 Å². The van der Waals surface area contributed by atoms with E-state index >= 15 is 0 Å². The molecule has 0 aromatic heterocycles. The molecule has 0 bridgehead atoms. The highest BCUT2D eigenvalue weighted by atomic mass is 32.2. The second kappa shape index (κ2) is 59.4. The molecule has 1 rings (SSSR count). The third kappa shape index (κ3) is 55.0. The van der Waals surface area contributed by atoms with Crippen LogP contribution in [0.15, 0.2) is 37.0 Å². The van der Waals surface area contributed by atoms with Gasteiger partial charge in [-0.2, -0.15) is 17.0 Å². The molecule has 0 radical (unpaired) electrons. The number of likely N-dealkylation sites (N-methyl/N-ethyl adjacent to an activating group) is 1. The SMILES string of the molecule is C=CNc1ccc(C(=O)NCCN(CC)CC)cc1.CC.CC.CC.CCC#N.CCCC.CNC(=O)CSC.CNC=O. The Labute approximate surface area is 277 Å². The predicted octanol–water partition coefficient (Wildman–Crippen LogP) is 7.58. The number of benzene rings is 1. The van der Waals surface area contributed by atoms with Crippen LogP contribution in [-0.2, 0) is 9.59 Å². The van der Waals surface area contributed by atoms with Gasteiger partial charge in [0.25, 0.3) is 5.91 Å². The first-order valence-corrected chi connectivity index (χ1v) is 17.3. The summed E-state index contributed by atoms with van der Waals surface area (Å²) >= 11 is 1.52. The predicted molar refractivity (Wildman–Crippen MR) is 198 cm³/mol. The van der Waals surface area contributed by atoms with E-state index in [2.05, 4.69) is 60.4 Å². The van der Waals surface area contributed by atoms with Gasteiger partial charge in [-0.1, -0.05) is 95.6 Å². The standard InChI is InChI=1S/C15H23N3O.C4H9NOS.C4H10.C3H5N.C2H5NO.3C2H6/c1-4-16-14-9-7-13(8-10-14)15(19)17-11-12-18(5-2)6-3;1-5-4(6)3-7-2;1-3-4-2;1-2-3-4;1-3-2-4;3*1-2/h4,7-10,16H,1,5-6,11-12H2,2-3H3,(H,17,19);3H2,1-2H3,(H,5,6);3-4H2,1-2H3;2H2,1H3;2H,1H3,(H,3,4);3*1-2H3. The average Bonchev–Trinajstić information content (AvgIpc) is 3.10. The molecule has 0 aliphatic rings. The van der Waals surface area contributed by atoms with E-state index in [9.17, 15) is 9.59 Å². The summed E-state index contributed by atoms with van der Waals surface area (Å²) in [5, 5.41) is 18.3. The number of carbonyl (C=O) groups excluding carboxylic acids is 3. The Morgan fingerprint density at radius 1 is 0.932 bits per heavy atom. The van der Waals surface area contributed by atoms with Crippen molar-refractivity contribution >= 4 is 35.7 Å². The summed E-state index contributed by atoms with van der Waals surface area (Å²) in [4.78, 5) is 33.5. The molecule has 4 N–H and O–H groups in total. The number of hydrogen-bond donors (Lipinski definition) is 4. The molecule has 0 atom stereocenters. The second-order valence-corrected chi connectivity index (χ2v) is 8.10. The summed E-state index contributed by atoms with van der Waals surface area (Å²) in [5.41, 5.74) is 1.60. The molecule has 1 aromatic carbocycles. The molecule has 0 aliphatic carbocycles. The van der Waals surface area contributed by atoms with Crippen molar-refractivity contribution in [3.8, 4) is 6.07 Å². The summed E-state index contributed by atoms with van der Waals surface area (Å²) < 4.78 is 0. The van der Waals surface area contributed by atoms with Gasteiger partial charge < -0.3 is 26.2 Å². The first-order valence-electron chi connectivity index (χ1n) is 15.9. The lowest BCUT2D eigenvalue weighted by Crippen LogP contribution is -2.34. The Hall–Kier alpha value is -3.03. The van der Waals surface area contributed by atoms with Gasteiger partial charge in [-0.3, -0.25) is 14.4 Å². The fourth-order valence-corrected chi connectivity index (χ4v) is 2.41. The maximum absolute atomic E-state index is 11.9. The molecule has 0 saturated heterocycles. The molecule has 0 saturated carbocycles. The van der Waals surface area contributed by atoms with Crippen LogP contribution in [0.4, 0.5) is 5.69 Å². The molecular weight excluding hydrogens is 572 g/mol. The highest BCUT2D eigenvalue weighted by molar-refractivity contribution is 7.99. The van der Waals surface area contributed by atoms with Crippen molar-refractivity contribution in [2.24, 2.45) is 0 Å². The summed E-state index contributed by atoms with van der Waals surface area (Å²) in [7, 11) is 3.20. The van der Waals surface area contributed by atoms with Gasteiger partial charge in [0.05, 0.1) is 11.8 Å². The Morgan fingerprint density at radius 2 is 1.36 bits per heavy atom. The molecule has 0 heterocycles. The monoisotopic (exact) mass is 643 g/mol. The van der Waals surface area contributed by atoms with E-state index in [1.807, 2.05) is 72.9 Å². The molecule has 0 spiro atoms. The number of hydrogen-bond acceptors (Lipinski definition) is 7. The topological polar surface area (TPSA) is 126 Å². The lowest BCUT2D eigenvalue weighted by Gasteiger charge is -2.17. The molecule has 0 aliphatic heterocycles. The van der Waals surface area contributed by atoms with Crippen molar-refractivity contribution in [1.82, 2.24) is 20.9 Å². The molecule has 260 valence electrons. The highest BCUT2D eigenvalue weighted by Gasteiger charge is 2.05. The first-order chi connectivity index (χ1) is 21.3. The lowest BCUT2D eigenvalue weighted by molar-refractivity contribution is -0.118. The number of nitrogens with one attached hydrogen (secondary N) is 4. The van der Waals surface area contributed by atoms with E-state index in [1.165, 1.54) is 24.6 Å². The number of unbranched alkanes of at least 4 members (excludes halogenated alkanes) is 1. The minimum atomic E-state index is -0.0303. The van der Waals surface area contributed by atoms with E-state index in [0.717, 1.165) is 25.3 Å². The van der Waals surface area contributed by atoms with E-state index in [4.69, 9.17) is 10.1 Å². The van der Waals surface area contributed by atoms with E-state index in [-0.39, 0.29) is 11.8 Å². The van der Waals surface area contributed by atoms with E-state index in [0.29, 0.717) is 30.7 Å². The van der Waals surface area contributed by atoms with Gasteiger partial charge in [0.1, 0.15) is 0 Å². The number of carbonyl (C=O) groups is 3. The number of rotatable bonds is 12. The summed E-state index contributed by atoms with van der Waals surface area (Å²) in [6.07, 6.45) is 7.40. The molecule has 10 heteroatoms. The zero-order valence-corrected chi connectivity index (χ0v) is 31.7. The van der Waals surface area contributed by atoms with Gasteiger partial charge in [0, 0.05) is 44.9 Å². The minimum Gasteiger partial charge on any atom is -0.362 e. The van der Waals surface area contributed by atoms with Gasteiger partial charge in [0.15, 0.2) is 0 Å². The molecule has 3 amide bonds. The summed E-state index contributed by atoms with van der Waals surface area (Å²) in [6.45, 7) is 29.6. The van der Waals surface area contributed by atoms with Gasteiger partial charge >= 0.3 is 0 Å². The Bertz CT molecular complexity index is 721. The third-order valence-electron chi connectivity index (χ3n) is 4.35. The quantitative estimate of drug-likeness (QED) is 0.173. The van der Waals surface area contributed by atoms with Crippen molar-refractivity contribution in [3.63, 3.8) is 0 Å². The Kier molecular flexibility index (Phi) is 76.6. The van der Waals surface area contributed by atoms with Crippen molar-refractivity contribution in [1.29, 1.82) is 5.26 Å². The van der Waals surface area contributed by atoms with Crippen LogP contribution < -0.4 is 21.3 Å². The van der Waals surface area contributed by atoms with Gasteiger partial charge in [0.2, 0.25) is 12.3 Å². The number of nitrogens with zero attached hydrogens (tertiary/aromatic N) is 2. The fourth-order valence-electron chi connectivity index (χ4n) is 2.01. The zero-order chi connectivity index (χ0) is 36.0. The van der Waals surface area contributed by atoms with Crippen LogP contribution in [0.1, 0.15) is 106 Å². The van der Waals surface area contributed by atoms with Crippen molar-refractivity contribution < 1.29 is 14.4 Å². The Balaban J connectivity index is -0.0000000902. The van der Waals surface area contributed by atoms with Gasteiger partial charge in [-0.25, -0.2) is 0 Å². The number of anilines is 1. The highest BCUT2D eigenvalue weighted by Crippen LogP contribution is 2.09. The summed E-state index contributed by atoms with van der Waals surface area (Å²) in [5.74, 6) is 0.626. The molecule has 0 fully saturated rings. The first kappa shape index (κ1) is 56.7. The third-order valence-corrected chi connectivity index (χ3v) is 4.90. The van der Waals surface area contributed by atoms with Crippen LogP contribution in [0.3, 0.4) is 0 Å². The smallest absolute Gasteiger partial charge is 0.251 e. The zero-order valence-electron chi connectivity index (χ0n) is 30.9. The largest absolute Gasteiger partial charge is 0.362 e. The molecule has 9 nitrogen and oxygen atoms in total. The number of thioether (sulfide) groups is 1. The second-order valence-electron chi connectivity index (χ2n) is 7.23. The van der Waals surface area contributed by atoms with Crippen molar-refractivity contribution in [2.45, 2.75) is 95.4 Å². The normalized spacial score (nSPS) is 7.77.